The Morgan fingerprint density at radius 1 is 1.17 bits per heavy atom. The number of nitrogens with zero attached hydrogens (tertiary/aromatic N) is 4. The van der Waals surface area contributed by atoms with E-state index in [1.807, 2.05) is 12.1 Å². The van der Waals surface area contributed by atoms with E-state index in [9.17, 15) is 9.59 Å². The van der Waals surface area contributed by atoms with Crippen molar-refractivity contribution in [3.63, 3.8) is 0 Å². The molecule has 2 aromatic carbocycles. The smallest absolute Gasteiger partial charge is 0.320 e. The van der Waals surface area contributed by atoms with Crippen LogP contribution in [-0.4, -0.2) is 46.2 Å². The van der Waals surface area contributed by atoms with Crippen molar-refractivity contribution in [2.45, 2.75) is 6.04 Å². The number of carbonyl (C=O) groups excluding carboxylic acids is 2. The van der Waals surface area contributed by atoms with Gasteiger partial charge in [-0.1, -0.05) is 12.0 Å². The molecule has 1 aliphatic heterocycles. The minimum Gasteiger partial charge on any atom is -0.489 e. The summed E-state index contributed by atoms with van der Waals surface area (Å²) in [4.78, 5) is 31.2. The van der Waals surface area contributed by atoms with Crippen molar-refractivity contribution in [2.75, 3.05) is 29.6 Å². The van der Waals surface area contributed by atoms with E-state index >= 15 is 0 Å². The summed E-state index contributed by atoms with van der Waals surface area (Å²) >= 11 is 0. The van der Waals surface area contributed by atoms with Crippen molar-refractivity contribution >= 4 is 34.6 Å². The van der Waals surface area contributed by atoms with Gasteiger partial charge in [-0.15, -0.1) is 0 Å². The van der Waals surface area contributed by atoms with Crippen LogP contribution in [0.5, 0.6) is 5.75 Å². The summed E-state index contributed by atoms with van der Waals surface area (Å²) in [6.07, 6.45) is 3.32. The number of likely N-dealkylation sites (N-methyl/N-ethyl adjacent to an activating group) is 1. The lowest BCUT2D eigenvalue weighted by Gasteiger charge is -2.20. The van der Waals surface area contributed by atoms with Crippen LogP contribution in [0.3, 0.4) is 0 Å². The molecule has 0 fully saturated rings. The summed E-state index contributed by atoms with van der Waals surface area (Å²) in [5.74, 6) is 6.31. The average molecular weight is 467 g/mol. The molecule has 0 saturated heterocycles. The number of imidazole rings is 1. The number of nitrogen functional groups attached to an aromatic ring is 1. The predicted molar refractivity (Wildman–Crippen MR) is 131 cm³/mol. The number of urea groups is 1. The highest BCUT2D eigenvalue weighted by Crippen LogP contribution is 2.32. The quantitative estimate of drug-likeness (QED) is 0.307. The van der Waals surface area contributed by atoms with E-state index < -0.39 is 12.1 Å². The minimum absolute atomic E-state index is 0.00757. The van der Waals surface area contributed by atoms with E-state index in [1.165, 1.54) is 4.90 Å². The van der Waals surface area contributed by atoms with Gasteiger partial charge in [0.2, 0.25) is 0 Å². The summed E-state index contributed by atoms with van der Waals surface area (Å²) < 4.78 is 7.38. The number of hydrogen-bond donors (Lipinski definition) is 3. The molecule has 4 aromatic rings. The van der Waals surface area contributed by atoms with Gasteiger partial charge in [0.05, 0.1) is 11.9 Å². The number of carbonyl (C=O) groups is 2. The molecule has 10 nitrogen and oxygen atoms in total. The first kappa shape index (κ1) is 21.8. The van der Waals surface area contributed by atoms with Gasteiger partial charge >= 0.3 is 6.03 Å². The van der Waals surface area contributed by atoms with Crippen LogP contribution in [0.2, 0.25) is 0 Å². The molecule has 0 aliphatic carbocycles. The second kappa shape index (κ2) is 9.07. The van der Waals surface area contributed by atoms with E-state index in [2.05, 4.69) is 32.6 Å². The molecule has 3 amide bonds. The van der Waals surface area contributed by atoms with Crippen molar-refractivity contribution in [2.24, 2.45) is 0 Å². The van der Waals surface area contributed by atoms with Gasteiger partial charge in [-0.25, -0.2) is 14.3 Å². The minimum atomic E-state index is -0.876. The molecule has 35 heavy (non-hydrogen) atoms. The van der Waals surface area contributed by atoms with Gasteiger partial charge in [-0.3, -0.25) is 4.79 Å². The predicted octanol–water partition coefficient (Wildman–Crippen LogP) is 2.26. The molecule has 4 N–H and O–H groups in total. The summed E-state index contributed by atoms with van der Waals surface area (Å²) in [6, 6.07) is 14.4. The largest absolute Gasteiger partial charge is 0.489 e. The number of fused-ring (bicyclic) bond motifs is 2. The monoisotopic (exact) mass is 467 g/mol. The Hall–Kier alpha value is -5.04. The molecule has 174 valence electrons. The van der Waals surface area contributed by atoms with Gasteiger partial charge in [0.1, 0.15) is 24.1 Å². The number of nitrogens with two attached hydrogens (primary N) is 1. The van der Waals surface area contributed by atoms with Gasteiger partial charge in [0.25, 0.3) is 5.91 Å². The number of anilines is 3. The molecule has 0 bridgehead atoms. The zero-order valence-electron chi connectivity index (χ0n) is 18.7. The van der Waals surface area contributed by atoms with Gasteiger partial charge in [-0.2, -0.15) is 5.10 Å². The van der Waals surface area contributed by atoms with E-state index in [4.69, 9.17) is 10.5 Å². The van der Waals surface area contributed by atoms with Gasteiger partial charge in [0.15, 0.2) is 5.65 Å². The molecule has 1 aliphatic rings. The van der Waals surface area contributed by atoms with Crippen LogP contribution >= 0.6 is 0 Å². The summed E-state index contributed by atoms with van der Waals surface area (Å²) in [5.41, 5.74) is 9.47. The standard InChI is InChI=1S/C25H21N7O3/c1-31-21-13-17(26)8-10-22(21)35-15-20(24(31)33)30-25(34)29-18-5-2-4-16(12-18)7-9-19-14-27-23-6-3-11-28-32(19)23/h2-6,8,10-14,20H,15,26H2,1H3,(H2,29,30,34)/t20-/m0/s1. The second-order valence-corrected chi connectivity index (χ2v) is 7.85. The first-order valence-electron chi connectivity index (χ1n) is 10.8. The van der Waals surface area contributed by atoms with Gasteiger partial charge < -0.3 is 26.0 Å². The van der Waals surface area contributed by atoms with Crippen LogP contribution < -0.4 is 26.0 Å². The van der Waals surface area contributed by atoms with Crippen molar-refractivity contribution in [1.29, 1.82) is 0 Å². The number of rotatable bonds is 2. The summed E-state index contributed by atoms with van der Waals surface area (Å²) in [5, 5.41) is 9.66. The highest BCUT2D eigenvalue weighted by atomic mass is 16.5. The highest BCUT2D eigenvalue weighted by molar-refractivity contribution is 6.02. The number of ether oxygens (including phenoxy) is 1. The zero-order chi connectivity index (χ0) is 24.4. The third kappa shape index (κ3) is 4.56. The molecular weight excluding hydrogens is 446 g/mol. The van der Waals surface area contributed by atoms with Crippen LogP contribution in [0.15, 0.2) is 67.0 Å². The fraction of sp³-hybridized carbons (Fsp3) is 0.120. The van der Waals surface area contributed by atoms with Crippen LogP contribution in [-0.2, 0) is 4.79 Å². The lowest BCUT2D eigenvalue weighted by Crippen LogP contribution is -2.50. The first-order valence-corrected chi connectivity index (χ1v) is 10.8. The first-order chi connectivity index (χ1) is 17.0. The Morgan fingerprint density at radius 2 is 2.06 bits per heavy atom. The summed E-state index contributed by atoms with van der Waals surface area (Å²) in [6.45, 7) is -0.00757. The number of nitrogens with one attached hydrogen (secondary N) is 2. The van der Waals surface area contributed by atoms with Crippen LogP contribution in [0.1, 0.15) is 11.3 Å². The van der Waals surface area contributed by atoms with Gasteiger partial charge in [-0.05, 0) is 54.5 Å². The normalized spacial score (nSPS) is 14.8. The molecule has 2 aromatic heterocycles. The molecule has 5 rings (SSSR count). The molecular formula is C25H21N7O3. The Labute approximate surface area is 200 Å². The maximum absolute atomic E-state index is 12.9. The lowest BCUT2D eigenvalue weighted by molar-refractivity contribution is -0.120. The molecule has 3 heterocycles. The van der Waals surface area contributed by atoms with E-state index in [0.717, 1.165) is 0 Å². The summed E-state index contributed by atoms with van der Waals surface area (Å²) in [7, 11) is 1.61. The third-order valence-electron chi connectivity index (χ3n) is 5.42. The second-order valence-electron chi connectivity index (χ2n) is 7.85. The Bertz CT molecular complexity index is 1500. The number of benzene rings is 2. The third-order valence-corrected chi connectivity index (χ3v) is 5.42. The van der Waals surface area contributed by atoms with Crippen LogP contribution in [0, 0.1) is 11.8 Å². The Kier molecular flexibility index (Phi) is 5.65. The van der Waals surface area contributed by atoms with Crippen LogP contribution in [0.4, 0.5) is 21.9 Å². The Balaban J connectivity index is 1.26. The fourth-order valence-electron chi connectivity index (χ4n) is 3.67. The lowest BCUT2D eigenvalue weighted by atomic mass is 10.2. The van der Waals surface area contributed by atoms with Crippen LogP contribution in [0.25, 0.3) is 5.65 Å². The SMILES string of the molecule is CN1C(=O)[C@@H](NC(=O)Nc2cccc(C#Cc3cnc4cccnn34)c2)COc2ccc(N)cc21. The molecule has 10 heteroatoms. The number of aromatic nitrogens is 3. The van der Waals surface area contributed by atoms with Crippen molar-refractivity contribution < 1.29 is 14.3 Å². The molecule has 0 unspecified atom stereocenters. The van der Waals surface area contributed by atoms with E-state index in [1.54, 1.807) is 66.4 Å². The van der Waals surface area contributed by atoms with E-state index in [-0.39, 0.29) is 12.5 Å². The molecule has 0 radical (unpaired) electrons. The molecule has 0 spiro atoms. The fourth-order valence-corrected chi connectivity index (χ4v) is 3.67. The maximum Gasteiger partial charge on any atom is 0.320 e. The van der Waals surface area contributed by atoms with Crippen molar-refractivity contribution in [1.82, 2.24) is 19.9 Å². The van der Waals surface area contributed by atoms with E-state index in [0.29, 0.717) is 39.7 Å². The molecule has 1 atom stereocenters. The zero-order valence-corrected chi connectivity index (χ0v) is 18.7. The average Bonchev–Trinajstić information content (AvgIpc) is 3.24. The number of amides is 3. The Morgan fingerprint density at radius 3 is 2.94 bits per heavy atom. The van der Waals surface area contributed by atoms with Crippen molar-refractivity contribution in [3.05, 3.63) is 78.2 Å². The topological polar surface area (TPSA) is 127 Å². The van der Waals surface area contributed by atoms with Crippen molar-refractivity contribution in [3.8, 4) is 17.6 Å². The maximum atomic E-state index is 12.9. The molecule has 0 saturated carbocycles. The highest BCUT2D eigenvalue weighted by Gasteiger charge is 2.30. The number of hydrogen-bond acceptors (Lipinski definition) is 6. The van der Waals surface area contributed by atoms with Gasteiger partial charge in [0, 0.05) is 30.2 Å².